The zero-order chi connectivity index (χ0) is 15.0. The Morgan fingerprint density at radius 2 is 2.24 bits per heavy atom. The SMILES string of the molecule is CC(=O)C1=CC(c2ccco2)=Nc2c(cnn2C(C)C)C1. The Bertz CT molecular complexity index is 734. The molecule has 0 unspecified atom stereocenters. The Labute approximate surface area is 123 Å². The maximum atomic E-state index is 11.8. The lowest BCUT2D eigenvalue weighted by Gasteiger charge is -2.08. The molecule has 21 heavy (non-hydrogen) atoms. The Morgan fingerprint density at radius 3 is 2.86 bits per heavy atom. The quantitative estimate of drug-likeness (QED) is 0.868. The third kappa shape index (κ3) is 2.46. The fourth-order valence-electron chi connectivity index (χ4n) is 2.36. The standard InChI is InChI=1S/C16H17N3O2/c1-10(2)19-16-13(9-17-19)7-12(11(3)20)8-14(18-16)15-5-4-6-21-15/h4-6,8-10H,7H2,1-3H3. The van der Waals surface area contributed by atoms with Crippen LogP contribution >= 0.6 is 0 Å². The Balaban J connectivity index is 2.18. The topological polar surface area (TPSA) is 60.4 Å². The summed E-state index contributed by atoms with van der Waals surface area (Å²) >= 11 is 0. The smallest absolute Gasteiger partial charge is 0.156 e. The lowest BCUT2D eigenvalue weighted by molar-refractivity contribution is -0.113. The number of rotatable bonds is 3. The van der Waals surface area contributed by atoms with Gasteiger partial charge in [-0.1, -0.05) is 0 Å². The third-order valence-corrected chi connectivity index (χ3v) is 3.48. The van der Waals surface area contributed by atoms with Crippen LogP contribution in [0.25, 0.3) is 0 Å². The number of allylic oxidation sites excluding steroid dienone is 2. The van der Waals surface area contributed by atoms with E-state index in [4.69, 9.17) is 9.41 Å². The number of carbonyl (C=O) groups excluding carboxylic acids is 1. The first-order valence-corrected chi connectivity index (χ1v) is 6.96. The van der Waals surface area contributed by atoms with Gasteiger partial charge in [0.15, 0.2) is 17.4 Å². The van der Waals surface area contributed by atoms with Crippen LogP contribution < -0.4 is 0 Å². The molecular weight excluding hydrogens is 266 g/mol. The number of furan rings is 1. The predicted molar refractivity (Wildman–Crippen MR) is 80.0 cm³/mol. The predicted octanol–water partition coefficient (Wildman–Crippen LogP) is 3.25. The number of hydrogen-bond donors (Lipinski definition) is 0. The lowest BCUT2D eigenvalue weighted by Crippen LogP contribution is -2.04. The normalized spacial score (nSPS) is 14.5. The van der Waals surface area contributed by atoms with Crippen LogP contribution in [0.3, 0.4) is 0 Å². The fraction of sp³-hybridized carbons (Fsp3) is 0.312. The number of carbonyl (C=O) groups is 1. The first kappa shape index (κ1) is 13.5. The highest BCUT2D eigenvalue weighted by Crippen LogP contribution is 2.29. The molecule has 2 aromatic rings. The molecule has 0 saturated carbocycles. The summed E-state index contributed by atoms with van der Waals surface area (Å²) in [5.74, 6) is 1.49. The van der Waals surface area contributed by atoms with Gasteiger partial charge in [0.25, 0.3) is 0 Å². The minimum absolute atomic E-state index is 0.0411. The van der Waals surface area contributed by atoms with Crippen molar-refractivity contribution >= 4 is 17.3 Å². The van der Waals surface area contributed by atoms with Crippen molar-refractivity contribution in [3.05, 3.63) is 47.6 Å². The molecule has 0 aromatic carbocycles. The zero-order valence-corrected chi connectivity index (χ0v) is 12.3. The largest absolute Gasteiger partial charge is 0.463 e. The van der Waals surface area contributed by atoms with Crippen molar-refractivity contribution in [1.82, 2.24) is 9.78 Å². The highest BCUT2D eigenvalue weighted by molar-refractivity contribution is 6.12. The molecule has 108 valence electrons. The molecule has 0 radical (unpaired) electrons. The van der Waals surface area contributed by atoms with Gasteiger partial charge < -0.3 is 4.42 Å². The van der Waals surface area contributed by atoms with E-state index in [1.807, 2.05) is 22.9 Å². The highest BCUT2D eigenvalue weighted by Gasteiger charge is 2.21. The summed E-state index contributed by atoms with van der Waals surface area (Å²) in [5, 5.41) is 4.39. The average molecular weight is 283 g/mol. The minimum atomic E-state index is 0.0411. The van der Waals surface area contributed by atoms with Crippen LogP contribution in [-0.2, 0) is 11.2 Å². The van der Waals surface area contributed by atoms with Crippen LogP contribution in [0.1, 0.15) is 38.1 Å². The van der Waals surface area contributed by atoms with E-state index in [0.717, 1.165) is 11.4 Å². The molecule has 3 heterocycles. The Kier molecular flexibility index (Phi) is 3.33. The van der Waals surface area contributed by atoms with E-state index in [-0.39, 0.29) is 11.8 Å². The number of hydrogen-bond acceptors (Lipinski definition) is 4. The number of Topliss-reactive ketones (excluding diaryl/α,β-unsaturated/α-hetero) is 1. The van der Waals surface area contributed by atoms with Gasteiger partial charge >= 0.3 is 0 Å². The number of ketones is 1. The van der Waals surface area contributed by atoms with Crippen LogP contribution in [-0.4, -0.2) is 21.3 Å². The second-order valence-corrected chi connectivity index (χ2v) is 5.41. The second-order valence-electron chi connectivity index (χ2n) is 5.41. The van der Waals surface area contributed by atoms with Crippen molar-refractivity contribution in [2.75, 3.05) is 0 Å². The van der Waals surface area contributed by atoms with Gasteiger partial charge in [-0.3, -0.25) is 4.79 Å². The molecule has 3 rings (SSSR count). The zero-order valence-electron chi connectivity index (χ0n) is 12.3. The van der Waals surface area contributed by atoms with Crippen molar-refractivity contribution in [2.45, 2.75) is 33.2 Å². The summed E-state index contributed by atoms with van der Waals surface area (Å²) in [6.07, 6.45) is 5.75. The van der Waals surface area contributed by atoms with Crippen molar-refractivity contribution in [3.8, 4) is 0 Å². The fourth-order valence-corrected chi connectivity index (χ4v) is 2.36. The van der Waals surface area contributed by atoms with Gasteiger partial charge in [0.05, 0.1) is 12.5 Å². The molecule has 0 spiro atoms. The summed E-state index contributed by atoms with van der Waals surface area (Å²) < 4.78 is 7.30. The van der Waals surface area contributed by atoms with Crippen LogP contribution in [0, 0.1) is 0 Å². The van der Waals surface area contributed by atoms with Crippen LogP contribution in [0.4, 0.5) is 5.82 Å². The highest BCUT2D eigenvalue weighted by atomic mass is 16.3. The van der Waals surface area contributed by atoms with E-state index in [1.165, 1.54) is 0 Å². The first-order valence-electron chi connectivity index (χ1n) is 6.96. The molecule has 0 aliphatic carbocycles. The van der Waals surface area contributed by atoms with E-state index in [1.54, 1.807) is 19.4 Å². The van der Waals surface area contributed by atoms with Crippen molar-refractivity contribution in [1.29, 1.82) is 0 Å². The van der Waals surface area contributed by atoms with Gasteiger partial charge in [-0.25, -0.2) is 9.67 Å². The van der Waals surface area contributed by atoms with Crippen LogP contribution in [0.5, 0.6) is 0 Å². The van der Waals surface area contributed by atoms with Crippen LogP contribution in [0.15, 0.2) is 45.7 Å². The Hall–Kier alpha value is -2.43. The number of aliphatic imine (C=N–C) groups is 1. The molecule has 0 N–H and O–H groups in total. The Morgan fingerprint density at radius 1 is 1.43 bits per heavy atom. The van der Waals surface area contributed by atoms with Crippen molar-refractivity contribution in [2.24, 2.45) is 4.99 Å². The van der Waals surface area contributed by atoms with Crippen molar-refractivity contribution in [3.63, 3.8) is 0 Å². The van der Waals surface area contributed by atoms with E-state index in [0.29, 0.717) is 23.5 Å². The van der Waals surface area contributed by atoms with Gasteiger partial charge in [0.1, 0.15) is 5.71 Å². The summed E-state index contributed by atoms with van der Waals surface area (Å²) in [6.45, 7) is 5.68. The molecule has 5 nitrogen and oxygen atoms in total. The monoisotopic (exact) mass is 283 g/mol. The third-order valence-electron chi connectivity index (χ3n) is 3.48. The lowest BCUT2D eigenvalue weighted by atomic mass is 10.0. The molecule has 0 bridgehead atoms. The first-order chi connectivity index (χ1) is 10.1. The van der Waals surface area contributed by atoms with E-state index in [2.05, 4.69) is 18.9 Å². The number of aromatic nitrogens is 2. The average Bonchev–Trinajstić information content (AvgIpc) is 3.04. The molecule has 0 saturated heterocycles. The van der Waals surface area contributed by atoms with E-state index >= 15 is 0 Å². The molecule has 0 fully saturated rings. The molecule has 1 aliphatic heterocycles. The number of fused-ring (bicyclic) bond motifs is 1. The van der Waals surface area contributed by atoms with Gasteiger partial charge in [0.2, 0.25) is 0 Å². The molecule has 1 aliphatic rings. The molecule has 0 amide bonds. The molecule has 0 atom stereocenters. The van der Waals surface area contributed by atoms with Gasteiger partial charge in [0, 0.05) is 23.6 Å². The summed E-state index contributed by atoms with van der Waals surface area (Å²) in [7, 11) is 0. The number of nitrogens with zero attached hydrogens (tertiary/aromatic N) is 3. The van der Waals surface area contributed by atoms with Crippen molar-refractivity contribution < 1.29 is 9.21 Å². The summed E-state index contributed by atoms with van der Waals surface area (Å²) in [5.41, 5.74) is 2.34. The maximum Gasteiger partial charge on any atom is 0.156 e. The maximum absolute atomic E-state index is 11.8. The summed E-state index contributed by atoms with van der Waals surface area (Å²) in [4.78, 5) is 16.5. The summed E-state index contributed by atoms with van der Waals surface area (Å²) in [6, 6.07) is 3.85. The molecule has 5 heteroatoms. The molecular formula is C16H17N3O2. The van der Waals surface area contributed by atoms with E-state index in [9.17, 15) is 4.79 Å². The molecule has 2 aromatic heterocycles. The van der Waals surface area contributed by atoms with Crippen LogP contribution in [0.2, 0.25) is 0 Å². The van der Waals surface area contributed by atoms with Gasteiger partial charge in [-0.2, -0.15) is 5.10 Å². The van der Waals surface area contributed by atoms with Gasteiger partial charge in [-0.15, -0.1) is 0 Å². The second kappa shape index (κ2) is 5.16. The van der Waals surface area contributed by atoms with E-state index < -0.39 is 0 Å². The minimum Gasteiger partial charge on any atom is -0.463 e. The van der Waals surface area contributed by atoms with Gasteiger partial charge in [-0.05, 0) is 39.0 Å².